The minimum atomic E-state index is -3.93. The number of ether oxygens (including phenoxy) is 1. The van der Waals surface area contributed by atoms with Crippen molar-refractivity contribution < 1.29 is 17.6 Å². The summed E-state index contributed by atoms with van der Waals surface area (Å²) in [6.07, 6.45) is 0. The number of anilines is 1. The van der Waals surface area contributed by atoms with Crippen LogP contribution in [0.1, 0.15) is 26.3 Å². The minimum Gasteiger partial charge on any atom is -0.489 e. The lowest BCUT2D eigenvalue weighted by Crippen LogP contribution is -2.52. The maximum Gasteiger partial charge on any atom is 0.266 e. The van der Waals surface area contributed by atoms with Gasteiger partial charge in [0.2, 0.25) is 0 Å². The lowest BCUT2D eigenvalue weighted by atomic mass is 10.2. The van der Waals surface area contributed by atoms with Gasteiger partial charge in [-0.25, -0.2) is 8.42 Å². The second-order valence-electron chi connectivity index (χ2n) is 9.19. The Morgan fingerprint density at radius 1 is 1.17 bits per heavy atom. The Morgan fingerprint density at radius 3 is 2.47 bits per heavy atom. The summed E-state index contributed by atoms with van der Waals surface area (Å²) in [4.78, 5) is 0.126. The van der Waals surface area contributed by atoms with E-state index in [-0.39, 0.29) is 28.2 Å². The Bertz CT molecular complexity index is 1010. The number of nitrogens with zero attached hydrogens (tertiary/aromatic N) is 1. The lowest BCUT2D eigenvalue weighted by molar-refractivity contribution is 0.199. The third-order valence-electron chi connectivity index (χ3n) is 5.99. The number of aryl methyl sites for hydroxylation is 1. The molecule has 0 saturated carbocycles. The van der Waals surface area contributed by atoms with Crippen LogP contribution in [-0.4, -0.2) is 36.0 Å². The molecule has 0 bridgehead atoms. The Labute approximate surface area is 186 Å². The van der Waals surface area contributed by atoms with E-state index in [1.165, 1.54) is 4.31 Å². The molecule has 0 saturated heterocycles. The van der Waals surface area contributed by atoms with E-state index in [0.717, 1.165) is 0 Å². The van der Waals surface area contributed by atoms with Gasteiger partial charge in [0.05, 0.1) is 17.3 Å². The van der Waals surface area contributed by atoms with E-state index in [1.54, 1.807) is 43.3 Å². The standard InChI is InChI=1S/C22H30ClNO4SSi/c1-16-10-9-11-18(23)21(16)29(25,26)24-17(15-28-30(5,6)22(2,3)4)14-27-20-13-8-7-12-19(20)24/h7-13,17H,14-15H2,1-6H3. The van der Waals surface area contributed by atoms with Gasteiger partial charge in [0, 0.05) is 0 Å². The average Bonchev–Trinajstić information content (AvgIpc) is 2.64. The molecule has 1 unspecified atom stereocenters. The van der Waals surface area contributed by atoms with Gasteiger partial charge >= 0.3 is 0 Å². The zero-order chi connectivity index (χ0) is 22.3. The molecule has 8 heteroatoms. The van der Waals surface area contributed by atoms with Crippen LogP contribution < -0.4 is 9.04 Å². The van der Waals surface area contributed by atoms with Crippen LogP contribution in [-0.2, 0) is 14.4 Å². The normalized spacial score (nSPS) is 17.4. The number of benzene rings is 2. The molecule has 2 aromatic rings. The number of para-hydroxylation sites is 2. The monoisotopic (exact) mass is 467 g/mol. The average molecular weight is 468 g/mol. The van der Waals surface area contributed by atoms with Crippen LogP contribution >= 0.6 is 11.6 Å². The molecule has 1 aliphatic heterocycles. The third kappa shape index (κ3) is 4.26. The molecule has 1 aliphatic rings. The maximum atomic E-state index is 13.9. The molecule has 0 spiro atoms. The van der Waals surface area contributed by atoms with E-state index in [0.29, 0.717) is 17.0 Å². The van der Waals surface area contributed by atoms with Crippen molar-refractivity contribution >= 4 is 35.6 Å². The SMILES string of the molecule is Cc1cccc(Cl)c1S(=O)(=O)N1c2ccccc2OCC1CO[Si](C)(C)C(C)(C)C. The molecule has 1 atom stereocenters. The largest absolute Gasteiger partial charge is 0.489 e. The van der Waals surface area contributed by atoms with Gasteiger partial charge < -0.3 is 9.16 Å². The number of sulfonamides is 1. The van der Waals surface area contributed by atoms with Crippen molar-refractivity contribution in [2.75, 3.05) is 17.5 Å². The van der Waals surface area contributed by atoms with E-state index in [1.807, 2.05) is 6.07 Å². The number of hydrogen-bond acceptors (Lipinski definition) is 4. The van der Waals surface area contributed by atoms with Crippen molar-refractivity contribution in [1.82, 2.24) is 0 Å². The minimum absolute atomic E-state index is 0.0173. The summed E-state index contributed by atoms with van der Waals surface area (Å²) >= 11 is 6.36. The van der Waals surface area contributed by atoms with E-state index in [4.69, 9.17) is 20.8 Å². The quantitative estimate of drug-likeness (QED) is 0.535. The van der Waals surface area contributed by atoms with Crippen LogP contribution in [0.25, 0.3) is 0 Å². The second kappa shape index (κ2) is 8.18. The Balaban J connectivity index is 2.06. The molecule has 0 N–H and O–H groups in total. The maximum absolute atomic E-state index is 13.9. The van der Waals surface area contributed by atoms with E-state index in [9.17, 15) is 8.42 Å². The second-order valence-corrected chi connectivity index (χ2v) is 16.2. The molecule has 2 aromatic carbocycles. The van der Waals surface area contributed by atoms with Gasteiger partial charge in [0.25, 0.3) is 10.0 Å². The summed E-state index contributed by atoms with van der Waals surface area (Å²) in [5.41, 5.74) is 1.11. The van der Waals surface area contributed by atoms with Gasteiger partial charge in [-0.05, 0) is 48.8 Å². The molecule has 0 fully saturated rings. The molecule has 0 amide bonds. The Hall–Kier alpha value is -1.54. The smallest absolute Gasteiger partial charge is 0.266 e. The first-order valence-electron chi connectivity index (χ1n) is 10.0. The van der Waals surface area contributed by atoms with Crippen molar-refractivity contribution in [2.45, 2.75) is 56.8 Å². The third-order valence-corrected chi connectivity index (χ3v) is 13.0. The zero-order valence-corrected chi connectivity index (χ0v) is 21.0. The fraction of sp³-hybridized carbons (Fsp3) is 0.455. The lowest BCUT2D eigenvalue weighted by Gasteiger charge is -2.41. The van der Waals surface area contributed by atoms with Gasteiger partial charge in [0.1, 0.15) is 23.3 Å². The van der Waals surface area contributed by atoms with Crippen LogP contribution in [0.3, 0.4) is 0 Å². The van der Waals surface area contributed by atoms with Crippen LogP contribution in [0.4, 0.5) is 5.69 Å². The van der Waals surface area contributed by atoms with Gasteiger partial charge in [-0.2, -0.15) is 0 Å². The van der Waals surface area contributed by atoms with Crippen molar-refractivity contribution in [3.05, 3.63) is 53.1 Å². The van der Waals surface area contributed by atoms with Crippen LogP contribution in [0.15, 0.2) is 47.4 Å². The first-order chi connectivity index (χ1) is 13.9. The van der Waals surface area contributed by atoms with Crippen molar-refractivity contribution in [3.8, 4) is 5.75 Å². The van der Waals surface area contributed by atoms with E-state index in [2.05, 4.69) is 33.9 Å². The van der Waals surface area contributed by atoms with E-state index >= 15 is 0 Å². The van der Waals surface area contributed by atoms with Crippen LogP contribution in [0.5, 0.6) is 5.75 Å². The summed E-state index contributed by atoms with van der Waals surface area (Å²) in [6.45, 7) is 13.0. The van der Waals surface area contributed by atoms with Crippen molar-refractivity contribution in [3.63, 3.8) is 0 Å². The van der Waals surface area contributed by atoms with Gasteiger partial charge in [-0.3, -0.25) is 4.31 Å². The topological polar surface area (TPSA) is 55.8 Å². The molecule has 164 valence electrons. The summed E-state index contributed by atoms with van der Waals surface area (Å²) in [5, 5.41) is 0.228. The molecule has 5 nitrogen and oxygen atoms in total. The number of hydrogen-bond donors (Lipinski definition) is 0. The molecule has 1 heterocycles. The van der Waals surface area contributed by atoms with Crippen molar-refractivity contribution in [2.24, 2.45) is 0 Å². The summed E-state index contributed by atoms with van der Waals surface area (Å²) in [5.74, 6) is 0.536. The molecule has 0 aliphatic carbocycles. The first kappa shape index (κ1) is 23.1. The fourth-order valence-electron chi connectivity index (χ4n) is 3.22. The molecule has 0 aromatic heterocycles. The highest BCUT2D eigenvalue weighted by Crippen LogP contribution is 2.41. The fourth-order valence-corrected chi connectivity index (χ4v) is 6.68. The zero-order valence-electron chi connectivity index (χ0n) is 18.4. The van der Waals surface area contributed by atoms with Gasteiger partial charge in [0.15, 0.2) is 8.32 Å². The predicted molar refractivity (Wildman–Crippen MR) is 125 cm³/mol. The first-order valence-corrected chi connectivity index (χ1v) is 14.7. The molecule has 0 radical (unpaired) electrons. The molecule has 3 rings (SSSR count). The van der Waals surface area contributed by atoms with E-state index < -0.39 is 24.4 Å². The Morgan fingerprint density at radius 2 is 1.83 bits per heavy atom. The highest BCUT2D eigenvalue weighted by atomic mass is 35.5. The molecular formula is C22H30ClNO4SSi. The van der Waals surface area contributed by atoms with Gasteiger partial charge in [-0.15, -0.1) is 0 Å². The summed E-state index contributed by atoms with van der Waals surface area (Å²) in [6, 6.07) is 11.8. The molecule has 30 heavy (non-hydrogen) atoms. The summed E-state index contributed by atoms with van der Waals surface area (Å²) in [7, 11) is -6.01. The number of rotatable bonds is 5. The highest BCUT2D eigenvalue weighted by Gasteiger charge is 2.42. The molecular weight excluding hydrogens is 438 g/mol. The Kier molecular flexibility index (Phi) is 6.31. The summed E-state index contributed by atoms with van der Waals surface area (Å²) < 4.78 is 41.5. The number of halogens is 1. The predicted octanol–water partition coefficient (Wildman–Crippen LogP) is 5.63. The van der Waals surface area contributed by atoms with Crippen LogP contribution in [0.2, 0.25) is 23.2 Å². The van der Waals surface area contributed by atoms with Crippen molar-refractivity contribution in [1.29, 1.82) is 0 Å². The van der Waals surface area contributed by atoms with Crippen LogP contribution in [0, 0.1) is 6.92 Å². The highest BCUT2D eigenvalue weighted by molar-refractivity contribution is 7.93. The number of fused-ring (bicyclic) bond motifs is 1. The van der Waals surface area contributed by atoms with Gasteiger partial charge in [-0.1, -0.05) is 56.6 Å².